The van der Waals surface area contributed by atoms with E-state index < -0.39 is 11.9 Å². The molecule has 0 aliphatic carbocycles. The predicted octanol–water partition coefficient (Wildman–Crippen LogP) is 4.91. The van der Waals surface area contributed by atoms with E-state index in [1.165, 1.54) is 0 Å². The van der Waals surface area contributed by atoms with E-state index in [9.17, 15) is 9.59 Å². The maximum absolute atomic E-state index is 11.0. The number of ether oxygens (including phenoxy) is 1. The molecule has 1 atom stereocenters. The molecule has 0 aromatic heterocycles. The van der Waals surface area contributed by atoms with Crippen molar-refractivity contribution in [3.63, 3.8) is 0 Å². The van der Waals surface area contributed by atoms with Crippen LogP contribution in [0.2, 0.25) is 0 Å². The van der Waals surface area contributed by atoms with Crippen LogP contribution in [0.15, 0.2) is 54.6 Å². The Hall–Kier alpha value is -3.08. The summed E-state index contributed by atoms with van der Waals surface area (Å²) < 4.78 is 5.38. The SMILES string of the molecule is COc1ccccc1C=CC(CCCCC(=O)O)Cc1ccc(C(=O)O)cc1. The number of carbonyl (C=O) groups is 2. The molecule has 28 heavy (non-hydrogen) atoms. The second kappa shape index (κ2) is 10.9. The molecule has 0 radical (unpaired) electrons. The van der Waals surface area contributed by atoms with Crippen LogP contribution in [0.4, 0.5) is 0 Å². The Morgan fingerprint density at radius 3 is 2.39 bits per heavy atom. The highest BCUT2D eigenvalue weighted by molar-refractivity contribution is 5.87. The number of hydrogen-bond donors (Lipinski definition) is 2. The topological polar surface area (TPSA) is 83.8 Å². The molecule has 0 bridgehead atoms. The molecular formula is C23H26O5. The Kier molecular flexibility index (Phi) is 8.28. The minimum atomic E-state index is -0.937. The fraction of sp³-hybridized carbons (Fsp3) is 0.304. The minimum Gasteiger partial charge on any atom is -0.496 e. The van der Waals surface area contributed by atoms with Gasteiger partial charge >= 0.3 is 11.9 Å². The van der Waals surface area contributed by atoms with E-state index in [1.807, 2.05) is 42.5 Å². The van der Waals surface area contributed by atoms with Gasteiger partial charge in [-0.05, 0) is 48.9 Å². The van der Waals surface area contributed by atoms with Crippen molar-refractivity contribution in [1.82, 2.24) is 0 Å². The predicted molar refractivity (Wildman–Crippen MR) is 109 cm³/mol. The van der Waals surface area contributed by atoms with Crippen LogP contribution >= 0.6 is 0 Å². The number of rotatable bonds is 11. The van der Waals surface area contributed by atoms with E-state index in [-0.39, 0.29) is 17.9 Å². The number of aliphatic carboxylic acids is 1. The zero-order valence-electron chi connectivity index (χ0n) is 16.0. The van der Waals surface area contributed by atoms with Crippen LogP contribution in [0.5, 0.6) is 5.75 Å². The number of unbranched alkanes of at least 4 members (excludes halogenated alkanes) is 1. The highest BCUT2D eigenvalue weighted by Gasteiger charge is 2.09. The van der Waals surface area contributed by atoms with E-state index in [1.54, 1.807) is 19.2 Å². The van der Waals surface area contributed by atoms with Gasteiger partial charge in [0.15, 0.2) is 0 Å². The Balaban J connectivity index is 2.10. The van der Waals surface area contributed by atoms with E-state index >= 15 is 0 Å². The normalized spacial score (nSPS) is 12.0. The van der Waals surface area contributed by atoms with Crippen LogP contribution in [0, 0.1) is 5.92 Å². The number of methoxy groups -OCH3 is 1. The Morgan fingerprint density at radius 1 is 1.04 bits per heavy atom. The van der Waals surface area contributed by atoms with Crippen LogP contribution in [0.3, 0.4) is 0 Å². The molecule has 5 heteroatoms. The lowest BCUT2D eigenvalue weighted by Crippen LogP contribution is -2.04. The molecule has 2 aromatic carbocycles. The van der Waals surface area contributed by atoms with Gasteiger partial charge < -0.3 is 14.9 Å². The summed E-state index contributed by atoms with van der Waals surface area (Å²) in [6.45, 7) is 0. The van der Waals surface area contributed by atoms with Gasteiger partial charge in [-0.3, -0.25) is 4.79 Å². The molecule has 2 rings (SSSR count). The quantitative estimate of drug-likeness (QED) is 0.540. The molecule has 0 saturated carbocycles. The van der Waals surface area contributed by atoms with Gasteiger partial charge in [-0.1, -0.05) is 48.9 Å². The van der Waals surface area contributed by atoms with Gasteiger partial charge in [0.25, 0.3) is 0 Å². The molecular weight excluding hydrogens is 356 g/mol. The first-order valence-electron chi connectivity index (χ1n) is 9.35. The largest absolute Gasteiger partial charge is 0.496 e. The lowest BCUT2D eigenvalue weighted by atomic mass is 9.92. The third-order valence-electron chi connectivity index (χ3n) is 4.60. The molecule has 0 heterocycles. The van der Waals surface area contributed by atoms with Crippen molar-refractivity contribution in [3.05, 3.63) is 71.3 Å². The summed E-state index contributed by atoms with van der Waals surface area (Å²) in [6.07, 6.45) is 7.43. The minimum absolute atomic E-state index is 0.177. The van der Waals surface area contributed by atoms with Crippen LogP contribution < -0.4 is 4.74 Å². The molecule has 0 aliphatic rings. The zero-order valence-corrected chi connectivity index (χ0v) is 16.0. The smallest absolute Gasteiger partial charge is 0.335 e. The van der Waals surface area contributed by atoms with Gasteiger partial charge in [-0.15, -0.1) is 0 Å². The van der Waals surface area contributed by atoms with E-state index in [0.29, 0.717) is 6.42 Å². The van der Waals surface area contributed by atoms with Gasteiger partial charge in [0, 0.05) is 12.0 Å². The third kappa shape index (κ3) is 6.91. The highest BCUT2D eigenvalue weighted by Crippen LogP contribution is 2.23. The number of carboxylic acids is 2. The molecule has 0 aliphatic heterocycles. The van der Waals surface area contributed by atoms with Crippen molar-refractivity contribution in [2.45, 2.75) is 32.1 Å². The number of carboxylic acid groups (broad SMARTS) is 2. The molecule has 0 saturated heterocycles. The van der Waals surface area contributed by atoms with Crippen molar-refractivity contribution in [3.8, 4) is 5.75 Å². The number of aromatic carboxylic acids is 1. The highest BCUT2D eigenvalue weighted by atomic mass is 16.5. The van der Waals surface area contributed by atoms with E-state index in [4.69, 9.17) is 14.9 Å². The summed E-state index contributed by atoms with van der Waals surface area (Å²) >= 11 is 0. The first kappa shape index (κ1) is 21.2. The monoisotopic (exact) mass is 382 g/mol. The maximum Gasteiger partial charge on any atom is 0.335 e. The fourth-order valence-electron chi connectivity index (χ4n) is 3.08. The van der Waals surface area contributed by atoms with Crippen molar-refractivity contribution in [2.24, 2.45) is 5.92 Å². The van der Waals surface area contributed by atoms with Crippen molar-refractivity contribution < 1.29 is 24.5 Å². The number of hydrogen-bond acceptors (Lipinski definition) is 3. The average Bonchev–Trinajstić information content (AvgIpc) is 2.69. The molecule has 1 unspecified atom stereocenters. The number of benzene rings is 2. The molecule has 148 valence electrons. The lowest BCUT2D eigenvalue weighted by Gasteiger charge is -2.14. The van der Waals surface area contributed by atoms with Gasteiger partial charge in [0.1, 0.15) is 5.75 Å². The number of para-hydroxylation sites is 1. The van der Waals surface area contributed by atoms with Gasteiger partial charge in [-0.25, -0.2) is 4.79 Å². The molecule has 0 amide bonds. The van der Waals surface area contributed by atoms with Crippen molar-refractivity contribution in [2.75, 3.05) is 7.11 Å². The average molecular weight is 382 g/mol. The van der Waals surface area contributed by atoms with E-state index in [2.05, 4.69) is 6.08 Å². The lowest BCUT2D eigenvalue weighted by molar-refractivity contribution is -0.137. The summed E-state index contributed by atoms with van der Waals surface area (Å²) in [5.41, 5.74) is 2.31. The fourth-order valence-corrected chi connectivity index (χ4v) is 3.08. The Morgan fingerprint density at radius 2 is 1.75 bits per heavy atom. The Labute approximate surface area is 165 Å². The van der Waals surface area contributed by atoms with Crippen LogP contribution in [-0.4, -0.2) is 29.3 Å². The first-order valence-corrected chi connectivity index (χ1v) is 9.35. The summed E-state index contributed by atoms with van der Waals surface area (Å²) in [5.74, 6) is -0.693. The molecule has 0 spiro atoms. The van der Waals surface area contributed by atoms with Crippen LogP contribution in [0.25, 0.3) is 6.08 Å². The molecule has 5 nitrogen and oxygen atoms in total. The van der Waals surface area contributed by atoms with Gasteiger partial charge in [0.05, 0.1) is 12.7 Å². The van der Waals surface area contributed by atoms with Gasteiger partial charge in [-0.2, -0.15) is 0 Å². The first-order chi connectivity index (χ1) is 13.5. The second-order valence-corrected chi connectivity index (χ2v) is 6.71. The zero-order chi connectivity index (χ0) is 20.4. The number of allylic oxidation sites excluding steroid dienone is 1. The van der Waals surface area contributed by atoms with Crippen molar-refractivity contribution >= 4 is 18.0 Å². The Bertz CT molecular complexity index is 808. The van der Waals surface area contributed by atoms with Crippen LogP contribution in [0.1, 0.15) is 47.2 Å². The third-order valence-corrected chi connectivity index (χ3v) is 4.60. The van der Waals surface area contributed by atoms with E-state index in [0.717, 1.165) is 36.1 Å². The summed E-state index contributed by atoms with van der Waals surface area (Å²) in [4.78, 5) is 21.7. The molecule has 0 fully saturated rings. The summed E-state index contributed by atoms with van der Waals surface area (Å²) in [5, 5.41) is 17.9. The summed E-state index contributed by atoms with van der Waals surface area (Å²) in [7, 11) is 1.64. The van der Waals surface area contributed by atoms with Crippen molar-refractivity contribution in [1.29, 1.82) is 0 Å². The second-order valence-electron chi connectivity index (χ2n) is 6.71. The van der Waals surface area contributed by atoms with Crippen LogP contribution in [-0.2, 0) is 11.2 Å². The maximum atomic E-state index is 11.0. The molecule has 2 N–H and O–H groups in total. The van der Waals surface area contributed by atoms with Gasteiger partial charge in [0.2, 0.25) is 0 Å². The summed E-state index contributed by atoms with van der Waals surface area (Å²) in [6, 6.07) is 14.7. The molecule has 2 aromatic rings. The standard InChI is InChI=1S/C23H26O5/c1-28-21-8-4-3-7-19(21)13-10-17(6-2-5-9-22(24)25)16-18-11-14-20(15-12-18)23(26)27/h3-4,7-8,10-15,17H,2,5-6,9,16H2,1H3,(H,24,25)(H,26,27).